The molecular weight excluding hydrogens is 246 g/mol. The summed E-state index contributed by atoms with van der Waals surface area (Å²) in [7, 11) is 0. The highest BCUT2D eigenvalue weighted by molar-refractivity contribution is 5.98. The van der Waals surface area contributed by atoms with E-state index in [1.807, 2.05) is 34.6 Å². The molecule has 1 amide bonds. The van der Waals surface area contributed by atoms with Gasteiger partial charge in [0, 0.05) is 12.3 Å². The molecule has 0 aliphatic rings. The van der Waals surface area contributed by atoms with E-state index in [2.05, 4.69) is 15.5 Å². The Hall–Kier alpha value is -1.72. The van der Waals surface area contributed by atoms with Crippen molar-refractivity contribution in [2.75, 3.05) is 0 Å². The summed E-state index contributed by atoms with van der Waals surface area (Å²) in [5, 5.41) is 10.3. The fourth-order valence-electron chi connectivity index (χ4n) is 1.51. The first-order valence-corrected chi connectivity index (χ1v) is 6.28. The molecule has 0 aromatic carbocycles. The molecule has 106 valence electrons. The van der Waals surface area contributed by atoms with Crippen molar-refractivity contribution >= 4 is 11.7 Å². The third-order valence-corrected chi connectivity index (χ3v) is 2.59. The molecule has 0 saturated carbocycles. The number of carbonyl (C=O) groups excluding carboxylic acids is 2. The number of ketones is 1. The van der Waals surface area contributed by atoms with Crippen molar-refractivity contribution in [1.82, 2.24) is 15.5 Å². The zero-order valence-corrected chi connectivity index (χ0v) is 12.3. The topological polar surface area (TPSA) is 85.1 Å². The minimum Gasteiger partial charge on any atom is -0.418 e. The maximum absolute atomic E-state index is 12.3. The highest BCUT2D eigenvalue weighted by atomic mass is 16.4. The van der Waals surface area contributed by atoms with Crippen molar-refractivity contribution in [3.05, 3.63) is 11.8 Å². The van der Waals surface area contributed by atoms with E-state index in [1.54, 1.807) is 0 Å². The first kappa shape index (κ1) is 15.3. The molecular formula is C13H21N3O3. The number of amides is 1. The number of nitrogens with one attached hydrogen (secondary N) is 1. The molecule has 1 unspecified atom stereocenters. The van der Waals surface area contributed by atoms with Crippen LogP contribution in [0.3, 0.4) is 0 Å². The average molecular weight is 267 g/mol. The highest BCUT2D eigenvalue weighted by Gasteiger charge is 2.30. The molecule has 1 aromatic heterocycles. The van der Waals surface area contributed by atoms with E-state index in [0.29, 0.717) is 5.89 Å². The van der Waals surface area contributed by atoms with Gasteiger partial charge in [-0.3, -0.25) is 9.59 Å². The molecule has 1 rings (SSSR count). The SMILES string of the molecule is CC(=O)NC(C(=O)c1nnc(C(C)(C)C)o1)C(C)C. The molecule has 1 atom stereocenters. The van der Waals surface area contributed by atoms with E-state index in [1.165, 1.54) is 6.92 Å². The van der Waals surface area contributed by atoms with Crippen molar-refractivity contribution in [2.24, 2.45) is 5.92 Å². The van der Waals surface area contributed by atoms with Gasteiger partial charge in [-0.15, -0.1) is 10.2 Å². The lowest BCUT2D eigenvalue weighted by Gasteiger charge is -2.18. The molecule has 19 heavy (non-hydrogen) atoms. The molecule has 0 fully saturated rings. The van der Waals surface area contributed by atoms with Crippen LogP contribution in [0.25, 0.3) is 0 Å². The fourth-order valence-corrected chi connectivity index (χ4v) is 1.51. The molecule has 0 aliphatic carbocycles. The summed E-state index contributed by atoms with van der Waals surface area (Å²) < 4.78 is 5.40. The molecule has 0 aliphatic heterocycles. The second-order valence-electron chi connectivity index (χ2n) is 5.95. The van der Waals surface area contributed by atoms with Crippen molar-refractivity contribution in [3.8, 4) is 0 Å². The van der Waals surface area contributed by atoms with E-state index in [9.17, 15) is 9.59 Å². The van der Waals surface area contributed by atoms with E-state index >= 15 is 0 Å². The van der Waals surface area contributed by atoms with Gasteiger partial charge in [0.2, 0.25) is 17.6 Å². The second kappa shape index (κ2) is 5.50. The lowest BCUT2D eigenvalue weighted by atomic mass is 9.97. The van der Waals surface area contributed by atoms with Gasteiger partial charge in [0.15, 0.2) is 0 Å². The van der Waals surface area contributed by atoms with Crippen LogP contribution >= 0.6 is 0 Å². The Morgan fingerprint density at radius 1 is 1.21 bits per heavy atom. The van der Waals surface area contributed by atoms with Gasteiger partial charge in [0.1, 0.15) is 0 Å². The summed E-state index contributed by atoms with van der Waals surface area (Å²) in [5.41, 5.74) is -0.313. The summed E-state index contributed by atoms with van der Waals surface area (Å²) in [6.45, 7) is 10.8. The number of rotatable bonds is 4. The number of hydrogen-bond donors (Lipinski definition) is 1. The molecule has 0 spiro atoms. The highest BCUT2D eigenvalue weighted by Crippen LogP contribution is 2.21. The van der Waals surface area contributed by atoms with Crippen molar-refractivity contribution < 1.29 is 14.0 Å². The van der Waals surface area contributed by atoms with Gasteiger partial charge in [0.25, 0.3) is 5.89 Å². The maximum Gasteiger partial charge on any atom is 0.286 e. The van der Waals surface area contributed by atoms with Gasteiger partial charge in [-0.05, 0) is 5.92 Å². The summed E-state index contributed by atoms with van der Waals surface area (Å²) in [6, 6.07) is -0.647. The monoisotopic (exact) mass is 267 g/mol. The van der Waals surface area contributed by atoms with E-state index < -0.39 is 6.04 Å². The van der Waals surface area contributed by atoms with Gasteiger partial charge in [0.05, 0.1) is 6.04 Å². The predicted molar refractivity (Wildman–Crippen MR) is 69.8 cm³/mol. The van der Waals surface area contributed by atoms with Crippen molar-refractivity contribution in [1.29, 1.82) is 0 Å². The van der Waals surface area contributed by atoms with Crippen molar-refractivity contribution in [3.63, 3.8) is 0 Å². The molecule has 6 heteroatoms. The smallest absolute Gasteiger partial charge is 0.286 e. The number of Topliss-reactive ketones (excluding diaryl/α,β-unsaturated/α-hetero) is 1. The molecule has 1 N–H and O–H groups in total. The summed E-state index contributed by atoms with van der Waals surface area (Å²) in [4.78, 5) is 23.4. The van der Waals surface area contributed by atoms with Crippen LogP contribution in [0.5, 0.6) is 0 Å². The number of carbonyl (C=O) groups is 2. The van der Waals surface area contributed by atoms with Gasteiger partial charge in [-0.25, -0.2) is 0 Å². The zero-order valence-electron chi connectivity index (χ0n) is 12.3. The Morgan fingerprint density at radius 3 is 2.16 bits per heavy atom. The van der Waals surface area contributed by atoms with Crippen LogP contribution in [0.2, 0.25) is 0 Å². The summed E-state index contributed by atoms with van der Waals surface area (Å²) in [6.07, 6.45) is 0. The minimum absolute atomic E-state index is 0.0543. The van der Waals surface area contributed by atoms with Crippen LogP contribution in [0.15, 0.2) is 4.42 Å². The summed E-state index contributed by atoms with van der Waals surface area (Å²) >= 11 is 0. The maximum atomic E-state index is 12.3. The van der Waals surface area contributed by atoms with Crippen molar-refractivity contribution in [2.45, 2.75) is 53.0 Å². The molecule has 1 heterocycles. The van der Waals surface area contributed by atoms with Crippen LogP contribution in [0.4, 0.5) is 0 Å². The molecule has 6 nitrogen and oxygen atoms in total. The Balaban J connectivity index is 2.97. The zero-order chi connectivity index (χ0) is 14.8. The minimum atomic E-state index is -0.647. The normalized spacial score (nSPS) is 13.4. The van der Waals surface area contributed by atoms with E-state index in [-0.39, 0.29) is 28.9 Å². The predicted octanol–water partition coefficient (Wildman–Crippen LogP) is 1.71. The Morgan fingerprint density at radius 2 is 1.79 bits per heavy atom. The van der Waals surface area contributed by atoms with Gasteiger partial charge in [-0.1, -0.05) is 34.6 Å². The molecule has 0 bridgehead atoms. The van der Waals surface area contributed by atoms with Crippen LogP contribution in [0, 0.1) is 5.92 Å². The van der Waals surface area contributed by atoms with Gasteiger partial charge < -0.3 is 9.73 Å². The fraction of sp³-hybridized carbons (Fsp3) is 0.692. The standard InChI is InChI=1S/C13H21N3O3/c1-7(2)9(14-8(3)17)10(18)11-15-16-12(19-11)13(4,5)6/h7,9H,1-6H3,(H,14,17). The lowest BCUT2D eigenvalue weighted by Crippen LogP contribution is -2.43. The largest absolute Gasteiger partial charge is 0.418 e. The van der Waals surface area contributed by atoms with Gasteiger partial charge >= 0.3 is 0 Å². The number of hydrogen-bond acceptors (Lipinski definition) is 5. The number of nitrogens with zero attached hydrogens (tertiary/aromatic N) is 2. The van der Waals surface area contributed by atoms with Crippen LogP contribution in [-0.2, 0) is 10.2 Å². The third-order valence-electron chi connectivity index (χ3n) is 2.59. The Kier molecular flexibility index (Phi) is 4.44. The van der Waals surface area contributed by atoms with Gasteiger partial charge in [-0.2, -0.15) is 0 Å². The lowest BCUT2D eigenvalue weighted by molar-refractivity contribution is -0.119. The Bertz CT molecular complexity index is 472. The molecule has 0 radical (unpaired) electrons. The van der Waals surface area contributed by atoms with E-state index in [0.717, 1.165) is 0 Å². The molecule has 0 saturated heterocycles. The first-order chi connectivity index (χ1) is 8.62. The Labute approximate surface area is 113 Å². The molecule has 1 aromatic rings. The van der Waals surface area contributed by atoms with Crippen LogP contribution in [0.1, 0.15) is 58.1 Å². The average Bonchev–Trinajstić information content (AvgIpc) is 2.72. The van der Waals surface area contributed by atoms with Crippen LogP contribution < -0.4 is 5.32 Å². The third kappa shape index (κ3) is 3.87. The summed E-state index contributed by atoms with van der Waals surface area (Å²) in [5.74, 6) is -0.323. The van der Waals surface area contributed by atoms with Crippen LogP contribution in [-0.4, -0.2) is 27.9 Å². The second-order valence-corrected chi connectivity index (χ2v) is 5.95. The number of aromatic nitrogens is 2. The van der Waals surface area contributed by atoms with E-state index in [4.69, 9.17) is 4.42 Å². The quantitative estimate of drug-likeness (QED) is 0.839. The first-order valence-electron chi connectivity index (χ1n) is 6.28.